The van der Waals surface area contributed by atoms with Crippen molar-refractivity contribution in [2.24, 2.45) is 0 Å². The molecule has 2 aromatic rings. The van der Waals surface area contributed by atoms with Crippen LogP contribution in [-0.2, 0) is 9.53 Å². The Labute approximate surface area is 134 Å². The molecule has 1 heterocycles. The topological polar surface area (TPSA) is 66.8 Å². The van der Waals surface area contributed by atoms with Gasteiger partial charge in [-0.2, -0.15) is 0 Å². The standard InChI is InChI=1S/C18H17NO4/c20-17(19-10-11-23-16(12-19)18(21)22)15-8-6-14(7-9-15)13-4-2-1-3-5-13/h1-9,16H,10-12H2,(H,21,22). The number of benzene rings is 2. The molecule has 0 saturated carbocycles. The van der Waals surface area contributed by atoms with Gasteiger partial charge in [0.25, 0.3) is 5.91 Å². The molecule has 0 bridgehead atoms. The van der Waals surface area contributed by atoms with Crippen molar-refractivity contribution in [3.05, 3.63) is 60.2 Å². The fourth-order valence-electron chi connectivity index (χ4n) is 2.60. The van der Waals surface area contributed by atoms with Gasteiger partial charge < -0.3 is 14.7 Å². The molecule has 5 nitrogen and oxygen atoms in total. The molecular weight excluding hydrogens is 294 g/mol. The molecule has 1 N–H and O–H groups in total. The Balaban J connectivity index is 1.74. The largest absolute Gasteiger partial charge is 0.479 e. The Morgan fingerprint density at radius 2 is 1.65 bits per heavy atom. The van der Waals surface area contributed by atoms with E-state index in [0.29, 0.717) is 12.1 Å². The minimum Gasteiger partial charge on any atom is -0.479 e. The van der Waals surface area contributed by atoms with E-state index in [1.807, 2.05) is 42.5 Å². The Morgan fingerprint density at radius 1 is 1.00 bits per heavy atom. The van der Waals surface area contributed by atoms with Crippen LogP contribution >= 0.6 is 0 Å². The molecule has 0 radical (unpaired) electrons. The average Bonchev–Trinajstić information content (AvgIpc) is 2.62. The molecule has 1 aliphatic rings. The molecule has 1 unspecified atom stereocenters. The van der Waals surface area contributed by atoms with Crippen molar-refractivity contribution >= 4 is 11.9 Å². The number of hydrogen-bond acceptors (Lipinski definition) is 3. The molecule has 1 amide bonds. The number of ether oxygens (including phenoxy) is 1. The van der Waals surface area contributed by atoms with E-state index in [1.165, 1.54) is 4.90 Å². The maximum absolute atomic E-state index is 12.5. The molecule has 118 valence electrons. The number of carbonyl (C=O) groups is 2. The first-order chi connectivity index (χ1) is 11.1. The second-order valence-electron chi connectivity index (χ2n) is 5.39. The van der Waals surface area contributed by atoms with E-state index < -0.39 is 12.1 Å². The highest BCUT2D eigenvalue weighted by Crippen LogP contribution is 2.20. The molecule has 0 spiro atoms. The number of carboxylic acids is 1. The summed E-state index contributed by atoms with van der Waals surface area (Å²) in [5.41, 5.74) is 2.67. The van der Waals surface area contributed by atoms with Crippen LogP contribution in [-0.4, -0.2) is 47.7 Å². The summed E-state index contributed by atoms with van der Waals surface area (Å²) < 4.78 is 5.14. The van der Waals surface area contributed by atoms with Crippen LogP contribution in [0.15, 0.2) is 54.6 Å². The molecule has 1 fully saturated rings. The minimum absolute atomic E-state index is 0.0780. The molecular formula is C18H17NO4. The summed E-state index contributed by atoms with van der Waals surface area (Å²) in [5.74, 6) is -1.21. The van der Waals surface area contributed by atoms with Crippen LogP contribution in [0.2, 0.25) is 0 Å². The lowest BCUT2D eigenvalue weighted by molar-refractivity contribution is -0.154. The third kappa shape index (κ3) is 3.40. The fraction of sp³-hybridized carbons (Fsp3) is 0.222. The van der Waals surface area contributed by atoms with Crippen molar-refractivity contribution in [3.63, 3.8) is 0 Å². The Morgan fingerprint density at radius 3 is 2.30 bits per heavy atom. The van der Waals surface area contributed by atoms with Gasteiger partial charge in [-0.25, -0.2) is 4.79 Å². The van der Waals surface area contributed by atoms with Crippen LogP contribution in [0.4, 0.5) is 0 Å². The maximum atomic E-state index is 12.5. The normalized spacial score (nSPS) is 17.7. The second kappa shape index (κ2) is 6.62. The molecule has 0 aromatic heterocycles. The molecule has 3 rings (SSSR count). The van der Waals surface area contributed by atoms with Gasteiger partial charge in [0.1, 0.15) is 0 Å². The lowest BCUT2D eigenvalue weighted by Crippen LogP contribution is -2.48. The molecule has 0 aliphatic carbocycles. The monoisotopic (exact) mass is 311 g/mol. The predicted octanol–water partition coefficient (Wildman–Crippen LogP) is 2.28. The van der Waals surface area contributed by atoms with Gasteiger partial charge in [-0.15, -0.1) is 0 Å². The predicted molar refractivity (Wildman–Crippen MR) is 85.2 cm³/mol. The van der Waals surface area contributed by atoms with Crippen LogP contribution < -0.4 is 0 Å². The zero-order chi connectivity index (χ0) is 16.2. The number of amides is 1. The van der Waals surface area contributed by atoms with Gasteiger partial charge >= 0.3 is 5.97 Å². The summed E-state index contributed by atoms with van der Waals surface area (Å²) in [6.45, 7) is 0.725. The van der Waals surface area contributed by atoms with E-state index in [9.17, 15) is 9.59 Å². The van der Waals surface area contributed by atoms with Gasteiger partial charge in [0.2, 0.25) is 0 Å². The van der Waals surface area contributed by atoms with Crippen LogP contribution in [0.3, 0.4) is 0 Å². The molecule has 1 atom stereocenters. The van der Waals surface area contributed by atoms with E-state index in [1.54, 1.807) is 12.1 Å². The Kier molecular flexibility index (Phi) is 4.39. The third-order valence-electron chi connectivity index (χ3n) is 3.87. The molecule has 23 heavy (non-hydrogen) atoms. The summed E-state index contributed by atoms with van der Waals surface area (Å²) >= 11 is 0. The van der Waals surface area contributed by atoms with Crippen LogP contribution in [0.1, 0.15) is 10.4 Å². The summed E-state index contributed by atoms with van der Waals surface area (Å²) in [4.78, 5) is 25.0. The van der Waals surface area contributed by atoms with Crippen molar-refractivity contribution in [2.75, 3.05) is 19.7 Å². The average molecular weight is 311 g/mol. The van der Waals surface area contributed by atoms with Crippen molar-refractivity contribution in [2.45, 2.75) is 6.10 Å². The highest BCUT2D eigenvalue weighted by molar-refractivity contribution is 5.95. The Bertz CT molecular complexity index is 697. The van der Waals surface area contributed by atoms with E-state index in [2.05, 4.69) is 0 Å². The zero-order valence-electron chi connectivity index (χ0n) is 12.5. The van der Waals surface area contributed by atoms with E-state index in [0.717, 1.165) is 11.1 Å². The van der Waals surface area contributed by atoms with E-state index in [4.69, 9.17) is 9.84 Å². The summed E-state index contributed by atoms with van der Waals surface area (Å²) in [6, 6.07) is 17.3. The lowest BCUT2D eigenvalue weighted by atomic mass is 10.0. The molecule has 1 aliphatic heterocycles. The molecule has 1 saturated heterocycles. The Hall–Kier alpha value is -2.66. The summed E-state index contributed by atoms with van der Waals surface area (Å²) in [5, 5.41) is 9.01. The van der Waals surface area contributed by atoms with Gasteiger partial charge in [0.15, 0.2) is 6.10 Å². The minimum atomic E-state index is -1.04. The van der Waals surface area contributed by atoms with E-state index >= 15 is 0 Å². The highest BCUT2D eigenvalue weighted by Gasteiger charge is 2.29. The number of carboxylic acid groups (broad SMARTS) is 1. The number of morpholine rings is 1. The second-order valence-corrected chi connectivity index (χ2v) is 5.39. The van der Waals surface area contributed by atoms with Gasteiger partial charge in [0.05, 0.1) is 13.2 Å². The highest BCUT2D eigenvalue weighted by atomic mass is 16.5. The van der Waals surface area contributed by atoms with Crippen LogP contribution in [0.5, 0.6) is 0 Å². The number of rotatable bonds is 3. The number of aliphatic carboxylic acids is 1. The van der Waals surface area contributed by atoms with Gasteiger partial charge in [-0.1, -0.05) is 42.5 Å². The van der Waals surface area contributed by atoms with Crippen molar-refractivity contribution in [3.8, 4) is 11.1 Å². The van der Waals surface area contributed by atoms with Gasteiger partial charge in [0, 0.05) is 12.1 Å². The van der Waals surface area contributed by atoms with Crippen LogP contribution in [0.25, 0.3) is 11.1 Å². The van der Waals surface area contributed by atoms with Crippen molar-refractivity contribution in [1.29, 1.82) is 0 Å². The van der Waals surface area contributed by atoms with Gasteiger partial charge in [-0.3, -0.25) is 4.79 Å². The van der Waals surface area contributed by atoms with Gasteiger partial charge in [-0.05, 0) is 23.3 Å². The first kappa shape index (κ1) is 15.2. The smallest absolute Gasteiger partial charge is 0.334 e. The molecule has 5 heteroatoms. The van der Waals surface area contributed by atoms with Crippen molar-refractivity contribution < 1.29 is 19.4 Å². The fourth-order valence-corrected chi connectivity index (χ4v) is 2.60. The zero-order valence-corrected chi connectivity index (χ0v) is 12.5. The number of nitrogens with zero attached hydrogens (tertiary/aromatic N) is 1. The first-order valence-corrected chi connectivity index (χ1v) is 7.44. The van der Waals surface area contributed by atoms with Crippen molar-refractivity contribution in [1.82, 2.24) is 4.90 Å². The summed E-state index contributed by atoms with van der Waals surface area (Å²) in [6.07, 6.45) is -0.948. The van der Waals surface area contributed by atoms with Crippen LogP contribution in [0, 0.1) is 0 Å². The quantitative estimate of drug-likeness (QED) is 0.944. The maximum Gasteiger partial charge on any atom is 0.334 e. The number of hydrogen-bond donors (Lipinski definition) is 1. The first-order valence-electron chi connectivity index (χ1n) is 7.44. The summed E-state index contributed by atoms with van der Waals surface area (Å²) in [7, 11) is 0. The third-order valence-corrected chi connectivity index (χ3v) is 3.87. The van der Waals surface area contributed by atoms with E-state index in [-0.39, 0.29) is 19.1 Å². The SMILES string of the molecule is O=C(O)C1CN(C(=O)c2ccc(-c3ccccc3)cc2)CCO1. The number of carbonyl (C=O) groups excluding carboxylic acids is 1. The molecule has 2 aromatic carbocycles. The lowest BCUT2D eigenvalue weighted by Gasteiger charge is -2.30.